The van der Waals surface area contributed by atoms with Gasteiger partial charge in [0.05, 0.1) is 0 Å². The molecule has 0 bridgehead atoms. The molecule has 0 radical (unpaired) electrons. The fourth-order valence-corrected chi connectivity index (χ4v) is 10.2. The third-order valence-corrected chi connectivity index (χ3v) is 15.4. The van der Waals surface area contributed by atoms with Gasteiger partial charge < -0.3 is 14.2 Å². The number of rotatable bonds is 64. The van der Waals surface area contributed by atoms with Gasteiger partial charge in [0.1, 0.15) is 13.2 Å². The Bertz CT molecular complexity index is 1530. The summed E-state index contributed by atoms with van der Waals surface area (Å²) < 4.78 is 16.9. The molecule has 0 saturated heterocycles. The maximum atomic E-state index is 12.9. The third-order valence-electron chi connectivity index (χ3n) is 15.4. The predicted molar refractivity (Wildman–Crippen MR) is 353 cm³/mol. The van der Waals surface area contributed by atoms with Crippen LogP contribution in [0.1, 0.15) is 355 Å². The molecule has 0 heterocycles. The fraction of sp³-hybridized carbons (Fsp3) is 0.773. The molecule has 6 nitrogen and oxygen atoms in total. The summed E-state index contributed by atoms with van der Waals surface area (Å²) in [5.74, 6) is -0.913. The lowest BCUT2D eigenvalue weighted by Crippen LogP contribution is -2.30. The second-order valence-corrected chi connectivity index (χ2v) is 23.4. The molecule has 0 aromatic rings. The van der Waals surface area contributed by atoms with Crippen LogP contribution in [0.3, 0.4) is 0 Å². The smallest absolute Gasteiger partial charge is 0.306 e. The van der Waals surface area contributed by atoms with Gasteiger partial charge in [-0.25, -0.2) is 0 Å². The zero-order valence-electron chi connectivity index (χ0n) is 53.8. The molecule has 468 valence electrons. The Balaban J connectivity index is 4.18. The van der Waals surface area contributed by atoms with Gasteiger partial charge in [-0.15, -0.1) is 0 Å². The van der Waals surface area contributed by atoms with Crippen molar-refractivity contribution in [3.8, 4) is 0 Å². The number of carbonyl (C=O) groups excluding carboxylic acids is 3. The van der Waals surface area contributed by atoms with Crippen molar-refractivity contribution in [2.24, 2.45) is 0 Å². The number of hydrogen-bond donors (Lipinski definition) is 0. The molecule has 0 aromatic carbocycles. The van der Waals surface area contributed by atoms with Crippen molar-refractivity contribution in [3.05, 3.63) is 85.1 Å². The van der Waals surface area contributed by atoms with Crippen molar-refractivity contribution in [3.63, 3.8) is 0 Å². The van der Waals surface area contributed by atoms with Gasteiger partial charge in [-0.05, 0) is 96.3 Å². The van der Waals surface area contributed by atoms with Crippen LogP contribution in [-0.2, 0) is 28.6 Å². The van der Waals surface area contributed by atoms with Crippen molar-refractivity contribution >= 4 is 17.9 Å². The Morgan fingerprint density at radius 1 is 0.259 bits per heavy atom. The Morgan fingerprint density at radius 2 is 0.481 bits per heavy atom. The average molecular weight is 1130 g/mol. The molecule has 0 fully saturated rings. The SMILES string of the molecule is CC/C=C\C/C=C\C/C=C\C/C=C\CCCCC(=O)OC(COC(=O)CCCCCCCCCCCCCCCCC)COC(=O)CCCCCCCCCCCCCCCCCCCC/C=C\C/C=C\C/C=C\CCCCCCC. The zero-order valence-corrected chi connectivity index (χ0v) is 53.8. The zero-order chi connectivity index (χ0) is 58.5. The van der Waals surface area contributed by atoms with Crippen LogP contribution >= 0.6 is 0 Å². The molecular weight excluding hydrogens is 997 g/mol. The summed E-state index contributed by atoms with van der Waals surface area (Å²) in [6.45, 7) is 6.52. The summed E-state index contributed by atoms with van der Waals surface area (Å²) in [6.07, 6.45) is 92.0. The van der Waals surface area contributed by atoms with Crippen molar-refractivity contribution in [1.29, 1.82) is 0 Å². The van der Waals surface area contributed by atoms with Gasteiger partial charge >= 0.3 is 17.9 Å². The second-order valence-electron chi connectivity index (χ2n) is 23.4. The third kappa shape index (κ3) is 67.3. The van der Waals surface area contributed by atoms with Gasteiger partial charge in [-0.1, -0.05) is 324 Å². The summed E-state index contributed by atoms with van der Waals surface area (Å²) in [6, 6.07) is 0. The summed E-state index contributed by atoms with van der Waals surface area (Å²) >= 11 is 0. The van der Waals surface area contributed by atoms with Gasteiger partial charge in [0.25, 0.3) is 0 Å². The number of unbranched alkanes of at least 4 members (excludes halogenated alkanes) is 39. The molecule has 0 N–H and O–H groups in total. The first-order chi connectivity index (χ1) is 40.0. The maximum absolute atomic E-state index is 12.9. The number of allylic oxidation sites excluding steroid dienone is 14. The molecular formula is C75H132O6. The molecule has 0 amide bonds. The highest BCUT2D eigenvalue weighted by Gasteiger charge is 2.19. The first kappa shape index (κ1) is 77.6. The largest absolute Gasteiger partial charge is 0.462 e. The summed E-state index contributed by atoms with van der Waals surface area (Å²) in [5, 5.41) is 0. The topological polar surface area (TPSA) is 78.9 Å². The highest BCUT2D eigenvalue weighted by atomic mass is 16.6. The number of esters is 3. The van der Waals surface area contributed by atoms with Crippen LogP contribution in [0.5, 0.6) is 0 Å². The van der Waals surface area contributed by atoms with Crippen molar-refractivity contribution in [2.75, 3.05) is 13.2 Å². The maximum Gasteiger partial charge on any atom is 0.306 e. The molecule has 0 saturated carbocycles. The van der Waals surface area contributed by atoms with E-state index in [-0.39, 0.29) is 37.5 Å². The quantitative estimate of drug-likeness (QED) is 0.0261. The van der Waals surface area contributed by atoms with Crippen LogP contribution in [0.25, 0.3) is 0 Å². The monoisotopic (exact) mass is 1130 g/mol. The first-order valence-corrected chi connectivity index (χ1v) is 35.1. The minimum absolute atomic E-state index is 0.0886. The van der Waals surface area contributed by atoms with E-state index in [4.69, 9.17) is 14.2 Å². The fourth-order valence-electron chi connectivity index (χ4n) is 10.2. The highest BCUT2D eigenvalue weighted by Crippen LogP contribution is 2.18. The van der Waals surface area contributed by atoms with Gasteiger partial charge in [-0.3, -0.25) is 14.4 Å². The lowest BCUT2D eigenvalue weighted by atomic mass is 10.0. The van der Waals surface area contributed by atoms with E-state index in [1.165, 1.54) is 218 Å². The highest BCUT2D eigenvalue weighted by molar-refractivity contribution is 5.71. The van der Waals surface area contributed by atoms with E-state index in [9.17, 15) is 14.4 Å². The van der Waals surface area contributed by atoms with E-state index in [1.807, 2.05) is 0 Å². The van der Waals surface area contributed by atoms with Crippen molar-refractivity contribution in [2.45, 2.75) is 361 Å². The lowest BCUT2D eigenvalue weighted by Gasteiger charge is -2.18. The Morgan fingerprint density at radius 3 is 0.778 bits per heavy atom. The van der Waals surface area contributed by atoms with E-state index in [1.54, 1.807) is 0 Å². The molecule has 81 heavy (non-hydrogen) atoms. The Kier molecular flexibility index (Phi) is 66.2. The second kappa shape index (κ2) is 69.1. The van der Waals surface area contributed by atoms with E-state index in [0.29, 0.717) is 19.3 Å². The first-order valence-electron chi connectivity index (χ1n) is 35.1. The molecule has 0 aliphatic heterocycles. The molecule has 1 unspecified atom stereocenters. The molecule has 0 spiro atoms. The molecule has 0 aromatic heterocycles. The van der Waals surface area contributed by atoms with Crippen LogP contribution < -0.4 is 0 Å². The number of carbonyl (C=O) groups is 3. The van der Waals surface area contributed by atoms with Crippen LogP contribution in [0, 0.1) is 0 Å². The van der Waals surface area contributed by atoms with Crippen LogP contribution in [0.15, 0.2) is 85.1 Å². The number of ether oxygens (including phenoxy) is 3. The summed E-state index contributed by atoms with van der Waals surface area (Å²) in [5.41, 5.74) is 0. The molecule has 6 heteroatoms. The average Bonchev–Trinajstić information content (AvgIpc) is 3.47. The van der Waals surface area contributed by atoms with Crippen molar-refractivity contribution < 1.29 is 28.6 Å². The van der Waals surface area contributed by atoms with Gasteiger partial charge in [0.2, 0.25) is 0 Å². The minimum atomic E-state index is -0.796. The van der Waals surface area contributed by atoms with Gasteiger partial charge in [0, 0.05) is 19.3 Å². The van der Waals surface area contributed by atoms with Crippen LogP contribution in [0.4, 0.5) is 0 Å². The summed E-state index contributed by atoms with van der Waals surface area (Å²) in [7, 11) is 0. The van der Waals surface area contributed by atoms with Crippen LogP contribution in [0.2, 0.25) is 0 Å². The van der Waals surface area contributed by atoms with E-state index >= 15 is 0 Å². The van der Waals surface area contributed by atoms with E-state index < -0.39 is 6.10 Å². The van der Waals surface area contributed by atoms with E-state index in [2.05, 4.69) is 106 Å². The Labute approximate surface area is 503 Å². The van der Waals surface area contributed by atoms with E-state index in [0.717, 1.165) is 89.9 Å². The van der Waals surface area contributed by atoms with Gasteiger partial charge in [-0.2, -0.15) is 0 Å². The minimum Gasteiger partial charge on any atom is -0.462 e. The standard InChI is InChI=1S/C75H132O6/c1-4-7-10-13-16-19-22-25-28-29-30-31-32-33-34-35-36-37-38-39-40-41-42-43-44-45-48-50-53-56-59-62-65-68-74(77)80-71-72(81-75(78)69-66-63-60-57-54-51-47-27-24-21-18-15-12-9-6-3)70-79-73(76)67-64-61-58-55-52-49-46-26-23-20-17-14-11-8-5-2/h9,12,18,21-22,25,27,29-30,32-33,47,54,57,72H,4-8,10-11,13-17,19-20,23-24,26,28,31,34-46,48-53,55-56,58-71H2,1-3H3/b12-9-,21-18-,25-22-,30-29-,33-32-,47-27-,57-54-. The predicted octanol–water partition coefficient (Wildman–Crippen LogP) is 24.2. The number of hydrogen-bond acceptors (Lipinski definition) is 6. The molecule has 0 rings (SSSR count). The molecule has 0 aliphatic rings. The summed E-state index contributed by atoms with van der Waals surface area (Å²) in [4.78, 5) is 38.3. The molecule has 0 aliphatic carbocycles. The van der Waals surface area contributed by atoms with Crippen LogP contribution in [-0.4, -0.2) is 37.2 Å². The van der Waals surface area contributed by atoms with Crippen molar-refractivity contribution in [1.82, 2.24) is 0 Å². The normalized spacial score (nSPS) is 12.6. The lowest BCUT2D eigenvalue weighted by molar-refractivity contribution is -0.167. The van der Waals surface area contributed by atoms with Gasteiger partial charge in [0.15, 0.2) is 6.10 Å². The molecule has 1 atom stereocenters. The Hall–Kier alpha value is -3.41.